The molecule has 0 amide bonds. The zero-order valence-electron chi connectivity index (χ0n) is 8.90. The van der Waals surface area contributed by atoms with Crippen molar-refractivity contribution < 1.29 is 0 Å². The standard InChI is InChI=1S/C12H15N3/c1-9-2-4-11(6-9)15-12-5-3-10(7-13)8-14-12/h3,5,8-9,11H,2,4,6H2,1H3,(H,14,15). The number of nitriles is 1. The Bertz CT molecular complexity index is 363. The Hall–Kier alpha value is -1.56. The lowest BCUT2D eigenvalue weighted by atomic mass is 10.1. The average Bonchev–Trinajstić information content (AvgIpc) is 2.65. The third-order valence-corrected chi connectivity index (χ3v) is 2.94. The van der Waals surface area contributed by atoms with Crippen LogP contribution in [-0.2, 0) is 0 Å². The molecule has 3 heteroatoms. The van der Waals surface area contributed by atoms with Crippen LogP contribution < -0.4 is 5.32 Å². The van der Waals surface area contributed by atoms with Crippen molar-refractivity contribution in [2.75, 3.05) is 5.32 Å². The smallest absolute Gasteiger partial charge is 0.126 e. The first-order valence-corrected chi connectivity index (χ1v) is 5.40. The number of anilines is 1. The Morgan fingerprint density at radius 2 is 2.33 bits per heavy atom. The summed E-state index contributed by atoms with van der Waals surface area (Å²) >= 11 is 0. The lowest BCUT2D eigenvalue weighted by molar-refractivity contribution is 0.602. The van der Waals surface area contributed by atoms with Crippen LogP contribution in [0.15, 0.2) is 18.3 Å². The number of nitrogens with one attached hydrogen (secondary N) is 1. The second kappa shape index (κ2) is 4.31. The lowest BCUT2D eigenvalue weighted by Crippen LogP contribution is -2.16. The molecule has 2 rings (SSSR count). The van der Waals surface area contributed by atoms with Gasteiger partial charge in [0.15, 0.2) is 0 Å². The molecular formula is C12H15N3. The first-order chi connectivity index (χ1) is 7.28. The minimum absolute atomic E-state index is 0.556. The van der Waals surface area contributed by atoms with Crippen molar-refractivity contribution >= 4 is 5.82 Å². The quantitative estimate of drug-likeness (QED) is 0.800. The summed E-state index contributed by atoms with van der Waals surface area (Å²) in [5, 5.41) is 12.0. The summed E-state index contributed by atoms with van der Waals surface area (Å²) in [7, 11) is 0. The average molecular weight is 201 g/mol. The molecule has 1 N–H and O–H groups in total. The fraction of sp³-hybridized carbons (Fsp3) is 0.500. The van der Waals surface area contributed by atoms with E-state index in [4.69, 9.17) is 5.26 Å². The van der Waals surface area contributed by atoms with Gasteiger partial charge in [0.1, 0.15) is 11.9 Å². The molecule has 0 aliphatic heterocycles. The molecule has 1 aromatic heterocycles. The SMILES string of the molecule is CC1CCC(Nc2ccc(C#N)cn2)C1. The van der Waals surface area contributed by atoms with Gasteiger partial charge >= 0.3 is 0 Å². The maximum atomic E-state index is 8.64. The fourth-order valence-electron chi connectivity index (χ4n) is 2.09. The Morgan fingerprint density at radius 1 is 1.47 bits per heavy atom. The van der Waals surface area contributed by atoms with Gasteiger partial charge in [0, 0.05) is 12.2 Å². The minimum Gasteiger partial charge on any atom is -0.367 e. The van der Waals surface area contributed by atoms with Gasteiger partial charge in [0.2, 0.25) is 0 Å². The molecule has 0 bridgehead atoms. The molecule has 0 saturated heterocycles. The minimum atomic E-state index is 0.556. The van der Waals surface area contributed by atoms with Crippen molar-refractivity contribution in [2.24, 2.45) is 5.92 Å². The maximum absolute atomic E-state index is 8.64. The van der Waals surface area contributed by atoms with E-state index >= 15 is 0 Å². The summed E-state index contributed by atoms with van der Waals surface area (Å²) in [6.07, 6.45) is 5.36. The first-order valence-electron chi connectivity index (χ1n) is 5.40. The van der Waals surface area contributed by atoms with Gasteiger partial charge in [0.05, 0.1) is 5.56 Å². The zero-order valence-corrected chi connectivity index (χ0v) is 8.90. The highest BCUT2D eigenvalue weighted by Gasteiger charge is 2.20. The lowest BCUT2D eigenvalue weighted by Gasteiger charge is -2.12. The second-order valence-electron chi connectivity index (χ2n) is 4.30. The summed E-state index contributed by atoms with van der Waals surface area (Å²) in [6.45, 7) is 2.29. The summed E-state index contributed by atoms with van der Waals surface area (Å²) < 4.78 is 0. The number of aromatic nitrogens is 1. The molecule has 1 aliphatic rings. The normalized spacial score (nSPS) is 24.8. The number of hydrogen-bond acceptors (Lipinski definition) is 3. The van der Waals surface area contributed by atoms with Crippen LogP contribution in [0, 0.1) is 17.2 Å². The molecule has 2 atom stereocenters. The topological polar surface area (TPSA) is 48.7 Å². The zero-order chi connectivity index (χ0) is 10.7. The maximum Gasteiger partial charge on any atom is 0.126 e. The summed E-state index contributed by atoms with van der Waals surface area (Å²) in [5.41, 5.74) is 0.611. The van der Waals surface area contributed by atoms with Crippen LogP contribution in [0.1, 0.15) is 31.7 Å². The van der Waals surface area contributed by atoms with Crippen LogP contribution in [0.3, 0.4) is 0 Å². The summed E-state index contributed by atoms with van der Waals surface area (Å²) in [4.78, 5) is 4.20. The van der Waals surface area contributed by atoms with E-state index in [1.54, 1.807) is 12.3 Å². The molecule has 0 spiro atoms. The third kappa shape index (κ3) is 2.47. The van der Waals surface area contributed by atoms with Gasteiger partial charge in [-0.3, -0.25) is 0 Å². The Labute approximate surface area is 90.1 Å². The molecule has 0 aromatic carbocycles. The highest BCUT2D eigenvalue weighted by molar-refractivity contribution is 5.39. The van der Waals surface area contributed by atoms with E-state index in [0.717, 1.165) is 11.7 Å². The second-order valence-corrected chi connectivity index (χ2v) is 4.30. The van der Waals surface area contributed by atoms with Crippen LogP contribution >= 0.6 is 0 Å². The van der Waals surface area contributed by atoms with Crippen molar-refractivity contribution in [2.45, 2.75) is 32.2 Å². The molecule has 1 heterocycles. The van der Waals surface area contributed by atoms with Gasteiger partial charge < -0.3 is 5.32 Å². The van der Waals surface area contributed by atoms with Crippen molar-refractivity contribution in [1.29, 1.82) is 5.26 Å². The van der Waals surface area contributed by atoms with Gasteiger partial charge in [-0.1, -0.05) is 6.92 Å². The van der Waals surface area contributed by atoms with Gasteiger partial charge in [-0.15, -0.1) is 0 Å². The predicted octanol–water partition coefficient (Wildman–Crippen LogP) is 2.55. The number of hydrogen-bond donors (Lipinski definition) is 1. The molecule has 2 unspecified atom stereocenters. The Kier molecular flexibility index (Phi) is 2.86. The first kappa shape index (κ1) is 9.97. The molecule has 0 radical (unpaired) electrons. The van der Waals surface area contributed by atoms with Crippen LogP contribution in [0.4, 0.5) is 5.82 Å². The van der Waals surface area contributed by atoms with E-state index in [0.29, 0.717) is 11.6 Å². The summed E-state index contributed by atoms with van der Waals surface area (Å²) in [6, 6.07) is 6.30. The highest BCUT2D eigenvalue weighted by Crippen LogP contribution is 2.26. The molecular weight excluding hydrogens is 186 g/mol. The molecule has 1 saturated carbocycles. The number of rotatable bonds is 2. The van der Waals surface area contributed by atoms with E-state index in [2.05, 4.69) is 23.3 Å². The molecule has 78 valence electrons. The monoisotopic (exact) mass is 201 g/mol. The molecule has 1 aromatic rings. The number of nitrogens with zero attached hydrogens (tertiary/aromatic N) is 2. The van der Waals surface area contributed by atoms with Crippen LogP contribution in [0.5, 0.6) is 0 Å². The predicted molar refractivity (Wildman–Crippen MR) is 59.4 cm³/mol. The summed E-state index contributed by atoms with van der Waals surface area (Å²) in [5.74, 6) is 1.70. The molecule has 1 aliphatic carbocycles. The molecule has 3 nitrogen and oxygen atoms in total. The van der Waals surface area contributed by atoms with Gasteiger partial charge in [-0.05, 0) is 37.3 Å². The fourth-order valence-corrected chi connectivity index (χ4v) is 2.09. The Balaban J connectivity index is 1.96. The van der Waals surface area contributed by atoms with Crippen LogP contribution in [0.2, 0.25) is 0 Å². The van der Waals surface area contributed by atoms with Crippen LogP contribution in [0.25, 0.3) is 0 Å². The van der Waals surface area contributed by atoms with Gasteiger partial charge in [-0.2, -0.15) is 5.26 Å². The van der Waals surface area contributed by atoms with Crippen molar-refractivity contribution in [1.82, 2.24) is 4.98 Å². The van der Waals surface area contributed by atoms with E-state index in [-0.39, 0.29) is 0 Å². The van der Waals surface area contributed by atoms with Crippen LogP contribution in [-0.4, -0.2) is 11.0 Å². The third-order valence-electron chi connectivity index (χ3n) is 2.94. The van der Waals surface area contributed by atoms with E-state index in [9.17, 15) is 0 Å². The van der Waals surface area contributed by atoms with Crippen molar-refractivity contribution in [3.05, 3.63) is 23.9 Å². The largest absolute Gasteiger partial charge is 0.367 e. The number of pyridine rings is 1. The van der Waals surface area contributed by atoms with E-state index in [1.165, 1.54) is 19.3 Å². The van der Waals surface area contributed by atoms with Gasteiger partial charge in [0.25, 0.3) is 0 Å². The van der Waals surface area contributed by atoms with E-state index < -0.39 is 0 Å². The van der Waals surface area contributed by atoms with Crippen molar-refractivity contribution in [3.8, 4) is 6.07 Å². The molecule has 1 fully saturated rings. The molecule has 15 heavy (non-hydrogen) atoms. The Morgan fingerprint density at radius 3 is 2.87 bits per heavy atom. The van der Waals surface area contributed by atoms with Crippen molar-refractivity contribution in [3.63, 3.8) is 0 Å². The van der Waals surface area contributed by atoms with Gasteiger partial charge in [-0.25, -0.2) is 4.98 Å². The van der Waals surface area contributed by atoms with E-state index in [1.807, 2.05) is 6.07 Å². The highest BCUT2D eigenvalue weighted by atomic mass is 15.0.